The van der Waals surface area contributed by atoms with Gasteiger partial charge in [-0.15, -0.1) is 11.3 Å². The summed E-state index contributed by atoms with van der Waals surface area (Å²) < 4.78 is 14.5. The van der Waals surface area contributed by atoms with Gasteiger partial charge in [-0.05, 0) is 28.1 Å². The van der Waals surface area contributed by atoms with Gasteiger partial charge in [-0.2, -0.15) is 0 Å². The van der Waals surface area contributed by atoms with Gasteiger partial charge in [0, 0.05) is 10.7 Å². The lowest BCUT2D eigenvalue weighted by atomic mass is 10.2. The topological polar surface area (TPSA) is 38.7 Å². The van der Waals surface area contributed by atoms with Crippen molar-refractivity contribution in [3.63, 3.8) is 0 Å². The Bertz CT molecular complexity index is 733. The van der Waals surface area contributed by atoms with E-state index in [1.165, 1.54) is 17.4 Å². The molecule has 0 atom stereocenters. The number of aromatic nitrogens is 3. The van der Waals surface area contributed by atoms with Crippen LogP contribution in [0.2, 0.25) is 5.15 Å². The molecule has 3 aromatic rings. The fraction of sp³-hybridized carbons (Fsp3) is 0. The molecule has 90 valence electrons. The Morgan fingerprint density at radius 2 is 2.11 bits per heavy atom. The van der Waals surface area contributed by atoms with Gasteiger partial charge in [0.2, 0.25) is 0 Å². The van der Waals surface area contributed by atoms with Crippen LogP contribution in [0.25, 0.3) is 21.6 Å². The van der Waals surface area contributed by atoms with E-state index < -0.39 is 5.82 Å². The van der Waals surface area contributed by atoms with Crippen LogP contribution in [-0.4, -0.2) is 15.0 Å². The highest BCUT2D eigenvalue weighted by molar-refractivity contribution is 9.10. The number of hydrogen-bond donors (Lipinski definition) is 0. The molecule has 0 fully saturated rings. The molecule has 0 spiro atoms. The standard InChI is InChI=1S/C11H4BrClFN3S/c12-5-1-2-6(14)9-8(5)10(13)17-11(16-9)7-3-15-4-18-7/h1-4H. The number of hydrogen-bond acceptors (Lipinski definition) is 4. The van der Waals surface area contributed by atoms with Gasteiger partial charge in [0.1, 0.15) is 16.5 Å². The van der Waals surface area contributed by atoms with E-state index in [0.717, 1.165) is 4.88 Å². The van der Waals surface area contributed by atoms with Crippen LogP contribution < -0.4 is 0 Å². The quantitative estimate of drug-likeness (QED) is 0.618. The molecule has 0 aliphatic rings. The zero-order valence-corrected chi connectivity index (χ0v) is 11.9. The van der Waals surface area contributed by atoms with Gasteiger partial charge in [0.15, 0.2) is 5.82 Å². The van der Waals surface area contributed by atoms with E-state index in [4.69, 9.17) is 11.6 Å². The molecule has 7 heteroatoms. The van der Waals surface area contributed by atoms with E-state index in [-0.39, 0.29) is 10.7 Å². The zero-order chi connectivity index (χ0) is 12.7. The van der Waals surface area contributed by atoms with Gasteiger partial charge in [-0.25, -0.2) is 14.4 Å². The molecule has 0 amide bonds. The van der Waals surface area contributed by atoms with Crippen molar-refractivity contribution in [3.8, 4) is 10.7 Å². The first-order valence-corrected chi connectivity index (χ1v) is 6.92. The van der Waals surface area contributed by atoms with Crippen LogP contribution in [0, 0.1) is 5.82 Å². The van der Waals surface area contributed by atoms with E-state index >= 15 is 0 Å². The predicted molar refractivity (Wildman–Crippen MR) is 73.3 cm³/mol. The number of rotatable bonds is 1. The third-order valence-electron chi connectivity index (χ3n) is 2.36. The highest BCUT2D eigenvalue weighted by Crippen LogP contribution is 2.32. The maximum absolute atomic E-state index is 13.8. The van der Waals surface area contributed by atoms with Crippen LogP contribution >= 0.6 is 38.9 Å². The third kappa shape index (κ3) is 1.90. The van der Waals surface area contributed by atoms with Gasteiger partial charge < -0.3 is 0 Å². The molecule has 0 bridgehead atoms. The molecule has 3 nitrogen and oxygen atoms in total. The Balaban J connectivity index is 2.37. The highest BCUT2D eigenvalue weighted by Gasteiger charge is 2.14. The molecule has 2 heterocycles. The number of fused-ring (bicyclic) bond motifs is 1. The fourth-order valence-electron chi connectivity index (χ4n) is 1.56. The number of halogens is 3. The molecule has 3 rings (SSSR count). The lowest BCUT2D eigenvalue weighted by molar-refractivity contribution is 0.636. The van der Waals surface area contributed by atoms with Crippen molar-refractivity contribution in [2.24, 2.45) is 0 Å². The predicted octanol–water partition coefficient (Wildman–Crippen LogP) is 4.31. The molecule has 18 heavy (non-hydrogen) atoms. The van der Waals surface area contributed by atoms with Crippen LogP contribution in [0.4, 0.5) is 4.39 Å². The SMILES string of the molecule is Fc1ccc(Br)c2c(Cl)nc(-c3cncs3)nc12. The van der Waals surface area contributed by atoms with Crippen molar-refractivity contribution in [2.75, 3.05) is 0 Å². The first-order valence-electron chi connectivity index (χ1n) is 4.87. The summed E-state index contributed by atoms with van der Waals surface area (Å²) in [4.78, 5) is 13.1. The highest BCUT2D eigenvalue weighted by atomic mass is 79.9. The van der Waals surface area contributed by atoms with Crippen LogP contribution in [0.5, 0.6) is 0 Å². The summed E-state index contributed by atoms with van der Waals surface area (Å²) >= 11 is 10.8. The lowest BCUT2D eigenvalue weighted by Crippen LogP contribution is -1.93. The average Bonchev–Trinajstić information content (AvgIpc) is 2.87. The summed E-state index contributed by atoms with van der Waals surface area (Å²) in [5.74, 6) is -0.0461. The molecule has 0 saturated carbocycles. The molecule has 0 unspecified atom stereocenters. The van der Waals surface area contributed by atoms with Crippen molar-refractivity contribution in [2.45, 2.75) is 0 Å². The van der Waals surface area contributed by atoms with Crippen LogP contribution in [-0.2, 0) is 0 Å². The van der Waals surface area contributed by atoms with E-state index in [1.54, 1.807) is 17.8 Å². The molecule has 0 saturated heterocycles. The molecule has 0 aliphatic heterocycles. The van der Waals surface area contributed by atoms with Gasteiger partial charge in [-0.1, -0.05) is 11.6 Å². The maximum atomic E-state index is 13.8. The number of thiazole rings is 1. The summed E-state index contributed by atoms with van der Waals surface area (Å²) in [5.41, 5.74) is 1.86. The first-order chi connectivity index (χ1) is 8.66. The van der Waals surface area contributed by atoms with Gasteiger partial charge in [-0.3, -0.25) is 4.98 Å². The van der Waals surface area contributed by atoms with E-state index in [2.05, 4.69) is 30.9 Å². The Hall–Kier alpha value is -1.11. The van der Waals surface area contributed by atoms with Crippen molar-refractivity contribution >= 4 is 49.8 Å². The second-order valence-electron chi connectivity index (χ2n) is 3.46. The van der Waals surface area contributed by atoms with Crippen LogP contribution in [0.15, 0.2) is 28.3 Å². The smallest absolute Gasteiger partial charge is 0.173 e. The fourth-order valence-corrected chi connectivity index (χ4v) is 3.01. The average molecular weight is 345 g/mol. The van der Waals surface area contributed by atoms with Crippen LogP contribution in [0.1, 0.15) is 0 Å². The Kier molecular flexibility index (Phi) is 3.01. The normalized spacial score (nSPS) is 11.1. The molecular formula is C11H4BrClFN3S. The summed E-state index contributed by atoms with van der Waals surface area (Å²) in [6, 6.07) is 2.92. The summed E-state index contributed by atoms with van der Waals surface area (Å²) in [6.07, 6.45) is 1.62. The molecule has 2 aromatic heterocycles. The van der Waals surface area contributed by atoms with Gasteiger partial charge in [0.05, 0.1) is 15.8 Å². The summed E-state index contributed by atoms with van der Waals surface area (Å²) in [5, 5.41) is 0.694. The largest absolute Gasteiger partial charge is 0.252 e. The molecule has 0 N–H and O–H groups in total. The molecule has 0 aliphatic carbocycles. The first kappa shape index (κ1) is 12.0. The van der Waals surface area contributed by atoms with Crippen LogP contribution in [0.3, 0.4) is 0 Å². The number of nitrogens with zero attached hydrogens (tertiary/aromatic N) is 3. The van der Waals surface area contributed by atoms with Crippen molar-refractivity contribution in [3.05, 3.63) is 39.3 Å². The minimum absolute atomic E-state index is 0.202. The number of benzene rings is 1. The van der Waals surface area contributed by atoms with E-state index in [1.807, 2.05) is 0 Å². The lowest BCUT2D eigenvalue weighted by Gasteiger charge is -2.05. The molecule has 1 aromatic carbocycles. The third-order valence-corrected chi connectivity index (χ3v) is 4.06. The van der Waals surface area contributed by atoms with Gasteiger partial charge in [0.25, 0.3) is 0 Å². The monoisotopic (exact) mass is 343 g/mol. The Labute approximate surface area is 119 Å². The Morgan fingerprint density at radius 3 is 2.83 bits per heavy atom. The second kappa shape index (κ2) is 4.53. The zero-order valence-electron chi connectivity index (χ0n) is 8.69. The summed E-state index contributed by atoms with van der Waals surface area (Å²) in [6.45, 7) is 0. The minimum atomic E-state index is -0.428. The van der Waals surface area contributed by atoms with E-state index in [9.17, 15) is 4.39 Å². The van der Waals surface area contributed by atoms with E-state index in [0.29, 0.717) is 15.7 Å². The van der Waals surface area contributed by atoms with Crippen molar-refractivity contribution in [1.29, 1.82) is 0 Å². The molecular weight excluding hydrogens is 341 g/mol. The van der Waals surface area contributed by atoms with Crippen molar-refractivity contribution < 1.29 is 4.39 Å². The van der Waals surface area contributed by atoms with Crippen molar-refractivity contribution in [1.82, 2.24) is 15.0 Å². The Morgan fingerprint density at radius 1 is 1.28 bits per heavy atom. The summed E-state index contributed by atoms with van der Waals surface area (Å²) in [7, 11) is 0. The maximum Gasteiger partial charge on any atom is 0.173 e. The second-order valence-corrected chi connectivity index (χ2v) is 5.56. The molecule has 0 radical (unpaired) electrons. The van der Waals surface area contributed by atoms with Gasteiger partial charge >= 0.3 is 0 Å². The minimum Gasteiger partial charge on any atom is -0.252 e.